The first-order valence-corrected chi connectivity index (χ1v) is 10.7. The average molecular weight is 668 g/mol. The maximum Gasteiger partial charge on any atom is 1.00 e. The monoisotopic (exact) mass is 668 g/mol. The van der Waals surface area contributed by atoms with Crippen LogP contribution in [0.4, 0.5) is 34.1 Å². The number of nitrogens with zero attached hydrogens (tertiary/aromatic N) is 6. The van der Waals surface area contributed by atoms with E-state index in [2.05, 4.69) is 20.5 Å². The summed E-state index contributed by atoms with van der Waals surface area (Å²) in [5.41, 5.74) is -5.99. The Labute approximate surface area is 271 Å². The first kappa shape index (κ1) is 36.5. The molecule has 0 aliphatic rings. The summed E-state index contributed by atoms with van der Waals surface area (Å²) < 4.78 is 0. The number of phenolic OH excluding ortho intramolecular Hbond substituents is 2. The van der Waals surface area contributed by atoms with Crippen LogP contribution in [0.3, 0.4) is 0 Å². The minimum atomic E-state index is -0.985. The number of nitrogens with one attached hydrogen (secondary N) is 4. The number of benzene rings is 2. The number of rotatable bonds is 6. The number of hydrogen-bond donors (Lipinski definition) is 8. The van der Waals surface area contributed by atoms with Gasteiger partial charge in [0.1, 0.15) is 22.9 Å². The first-order valence-electron chi connectivity index (χ1n) is 10.7. The minimum Gasteiger partial charge on any atom is -0.505 e. The van der Waals surface area contributed by atoms with Crippen LogP contribution in [0.1, 0.15) is 0 Å². The molecule has 0 amide bonds. The van der Waals surface area contributed by atoms with Gasteiger partial charge in [-0.2, -0.15) is 0 Å². The third-order valence-electron chi connectivity index (χ3n) is 4.65. The van der Waals surface area contributed by atoms with E-state index >= 15 is 0 Å². The molecule has 1 radical (unpaired) electrons. The van der Waals surface area contributed by atoms with Gasteiger partial charge in [0, 0.05) is 28.9 Å². The van der Waals surface area contributed by atoms with Crippen molar-refractivity contribution in [3.05, 3.63) is 98.3 Å². The maximum absolute atomic E-state index is 11.4. The molecule has 0 spiro atoms. The molecular formula is C20H14CoN10NaO12+. The van der Waals surface area contributed by atoms with E-state index in [0.29, 0.717) is 0 Å². The Kier molecular flexibility index (Phi) is 13.0. The molecule has 8 N–H and O–H groups in total. The number of non-ortho nitro benzene ring substituents is 2. The summed E-state index contributed by atoms with van der Waals surface area (Å²) in [5, 5.41) is 72.5. The number of nitro benzene ring substituents is 2. The molecule has 2 aromatic heterocycles. The molecule has 44 heavy (non-hydrogen) atoms. The Bertz CT molecular complexity index is 1860. The summed E-state index contributed by atoms with van der Waals surface area (Å²) in [6.45, 7) is 0. The molecule has 0 saturated carbocycles. The van der Waals surface area contributed by atoms with Crippen molar-refractivity contribution in [1.82, 2.24) is 19.9 Å². The molecule has 0 unspecified atom stereocenters. The van der Waals surface area contributed by atoms with Crippen LogP contribution in [0, 0.1) is 20.2 Å². The van der Waals surface area contributed by atoms with E-state index in [0.717, 1.165) is 36.4 Å². The summed E-state index contributed by atoms with van der Waals surface area (Å²) in [6, 6.07) is 6.06. The fourth-order valence-electron chi connectivity index (χ4n) is 2.75. The maximum atomic E-state index is 11.4. The van der Waals surface area contributed by atoms with Crippen LogP contribution in [0.5, 0.6) is 23.3 Å². The van der Waals surface area contributed by atoms with Gasteiger partial charge >= 0.3 is 40.9 Å². The zero-order valence-corrected chi connectivity index (χ0v) is 24.6. The normalized spacial score (nSPS) is 10.4. The van der Waals surface area contributed by atoms with E-state index in [1.165, 1.54) is 0 Å². The molecule has 0 fully saturated rings. The van der Waals surface area contributed by atoms with Gasteiger partial charge in [0.25, 0.3) is 22.5 Å². The predicted octanol–water partition coefficient (Wildman–Crippen LogP) is -1.40. The number of aromatic hydroxyl groups is 4. The van der Waals surface area contributed by atoms with Crippen molar-refractivity contribution in [2.24, 2.45) is 20.5 Å². The largest absolute Gasteiger partial charge is 1.00 e. The molecule has 24 heteroatoms. The average Bonchev–Trinajstić information content (AvgIpc) is 2.89. The van der Waals surface area contributed by atoms with E-state index in [-0.39, 0.29) is 69.1 Å². The van der Waals surface area contributed by atoms with Crippen LogP contribution in [-0.4, -0.2) is 50.2 Å². The summed E-state index contributed by atoms with van der Waals surface area (Å²) in [4.78, 5) is 71.4. The molecule has 22 nitrogen and oxygen atoms in total. The molecule has 225 valence electrons. The Balaban J connectivity index is 0.000000421. The van der Waals surface area contributed by atoms with E-state index < -0.39 is 67.0 Å². The Morgan fingerprint density at radius 2 is 0.932 bits per heavy atom. The molecule has 0 bridgehead atoms. The van der Waals surface area contributed by atoms with Gasteiger partial charge in [-0.1, -0.05) is 0 Å². The van der Waals surface area contributed by atoms with Gasteiger partial charge in [-0.25, -0.2) is 9.59 Å². The molecule has 0 aliphatic heterocycles. The van der Waals surface area contributed by atoms with Crippen LogP contribution in [-0.2, 0) is 16.8 Å². The number of azo groups is 2. The summed E-state index contributed by atoms with van der Waals surface area (Å²) in [5.74, 6) is -2.66. The van der Waals surface area contributed by atoms with Crippen molar-refractivity contribution in [3.8, 4) is 23.3 Å². The molecule has 0 atom stereocenters. The van der Waals surface area contributed by atoms with Crippen molar-refractivity contribution in [2.45, 2.75) is 0 Å². The summed E-state index contributed by atoms with van der Waals surface area (Å²) in [7, 11) is 0. The smallest absolute Gasteiger partial charge is 0.505 e. The molecule has 0 aliphatic carbocycles. The molecule has 0 saturated heterocycles. The van der Waals surface area contributed by atoms with Gasteiger partial charge < -0.3 is 20.4 Å². The Morgan fingerprint density at radius 3 is 1.20 bits per heavy atom. The van der Waals surface area contributed by atoms with Crippen molar-refractivity contribution in [3.63, 3.8) is 0 Å². The summed E-state index contributed by atoms with van der Waals surface area (Å²) >= 11 is 0. The SMILES string of the molecule is O=c1[nH]c(O)c(N=Nc2ccc([N+](=O)[O-])cc2O)c(=O)[nH]1.O=c1[nH]c(O)c(N=Nc2ccc([N+](=O)[O-])cc2O)c(=O)[nH]1.[Co].[Na+]. The molecule has 2 aromatic carbocycles. The van der Waals surface area contributed by atoms with Crippen molar-refractivity contribution < 1.29 is 76.6 Å². The molecule has 4 rings (SSSR count). The minimum absolute atomic E-state index is 0. The van der Waals surface area contributed by atoms with Gasteiger partial charge in [-0.05, 0) is 12.1 Å². The topological polar surface area (TPSA) is 348 Å². The fourth-order valence-corrected chi connectivity index (χ4v) is 2.75. The second-order valence-corrected chi connectivity index (χ2v) is 7.47. The summed E-state index contributed by atoms with van der Waals surface area (Å²) in [6.07, 6.45) is 0. The van der Waals surface area contributed by atoms with Crippen molar-refractivity contribution in [2.75, 3.05) is 0 Å². The molecular weight excluding hydrogens is 654 g/mol. The van der Waals surface area contributed by atoms with Gasteiger partial charge in [-0.15, -0.1) is 20.5 Å². The zero-order valence-electron chi connectivity index (χ0n) is 21.5. The fraction of sp³-hybridized carbons (Fsp3) is 0. The number of nitro groups is 2. The van der Waals surface area contributed by atoms with Crippen LogP contribution < -0.4 is 52.1 Å². The molecule has 4 aromatic rings. The number of aromatic amines is 4. The second-order valence-electron chi connectivity index (χ2n) is 7.47. The quantitative estimate of drug-likeness (QED) is 0.0509. The van der Waals surface area contributed by atoms with Crippen molar-refractivity contribution >= 4 is 34.1 Å². The van der Waals surface area contributed by atoms with Gasteiger partial charge in [0.2, 0.25) is 23.1 Å². The van der Waals surface area contributed by atoms with Gasteiger partial charge in [-0.3, -0.25) is 49.8 Å². The second kappa shape index (κ2) is 15.7. The van der Waals surface area contributed by atoms with E-state index in [4.69, 9.17) is 0 Å². The number of aromatic nitrogens is 4. The van der Waals surface area contributed by atoms with E-state index in [1.807, 2.05) is 19.9 Å². The molecule has 2 heterocycles. The van der Waals surface area contributed by atoms with Crippen LogP contribution >= 0.6 is 0 Å². The standard InChI is InChI=1S/2C10H7N5O6.Co.Na/c2*16-6-3-4(15(20)21)1-2-5(6)13-14-7-8(17)11-10(19)12-9(7)18;;/h2*1-3,16H,(H3,11,12,17,18,19);;/q;;;+1. The zero-order chi connectivity index (χ0) is 31.1. The van der Waals surface area contributed by atoms with E-state index in [9.17, 15) is 59.8 Å². The Hall–Kier alpha value is -5.49. The third kappa shape index (κ3) is 9.26. The predicted molar refractivity (Wildman–Crippen MR) is 137 cm³/mol. The first-order chi connectivity index (χ1) is 19.8. The van der Waals surface area contributed by atoms with Crippen LogP contribution in [0.15, 0.2) is 76.0 Å². The third-order valence-corrected chi connectivity index (χ3v) is 4.65. The number of hydrogen-bond acceptors (Lipinski definition) is 16. The number of H-pyrrole nitrogens is 4. The van der Waals surface area contributed by atoms with Crippen LogP contribution in [0.2, 0.25) is 0 Å². The van der Waals surface area contributed by atoms with E-state index in [1.54, 1.807) is 0 Å². The van der Waals surface area contributed by atoms with Gasteiger partial charge in [0.05, 0.1) is 22.0 Å². The number of phenols is 2. The van der Waals surface area contributed by atoms with Crippen LogP contribution in [0.25, 0.3) is 0 Å². The van der Waals surface area contributed by atoms with Crippen molar-refractivity contribution in [1.29, 1.82) is 0 Å². The Morgan fingerprint density at radius 1 is 0.591 bits per heavy atom. The van der Waals surface area contributed by atoms with Gasteiger partial charge in [0.15, 0.2) is 0 Å².